The molecule has 0 unspecified atom stereocenters. The van der Waals surface area contributed by atoms with Crippen LogP contribution >= 0.6 is 11.6 Å². The number of nitrogens with zero attached hydrogens (tertiary/aromatic N) is 1. The summed E-state index contributed by atoms with van der Waals surface area (Å²) in [5.74, 6) is 0.386. The molecule has 0 saturated carbocycles. The highest BCUT2D eigenvalue weighted by molar-refractivity contribution is 6.30. The molecular weight excluding hydrogens is 316 g/mol. The highest BCUT2D eigenvalue weighted by Crippen LogP contribution is 2.15. The van der Waals surface area contributed by atoms with Crippen LogP contribution in [0.15, 0.2) is 53.6 Å². The molecular formula is C17H17ClN2O3. The summed E-state index contributed by atoms with van der Waals surface area (Å²) in [5, 5.41) is 14.0. The Morgan fingerprint density at radius 1 is 1.17 bits per heavy atom. The number of halogens is 1. The summed E-state index contributed by atoms with van der Waals surface area (Å²) in [6.45, 7) is 1.79. The molecule has 23 heavy (non-hydrogen) atoms. The first kappa shape index (κ1) is 16.8. The van der Waals surface area contributed by atoms with E-state index in [1.165, 1.54) is 0 Å². The number of amides is 1. The molecule has 2 aromatic rings. The number of rotatable bonds is 6. The van der Waals surface area contributed by atoms with Crippen molar-refractivity contribution < 1.29 is 14.6 Å². The van der Waals surface area contributed by atoms with Gasteiger partial charge in [0.15, 0.2) is 6.61 Å². The second-order valence-corrected chi connectivity index (χ2v) is 5.17. The lowest BCUT2D eigenvalue weighted by Crippen LogP contribution is -2.26. The van der Waals surface area contributed by atoms with E-state index in [1.54, 1.807) is 48.5 Å². The molecule has 0 bridgehead atoms. The number of hydrogen-bond donors (Lipinski definition) is 2. The topological polar surface area (TPSA) is 70.9 Å². The quantitative estimate of drug-likeness (QED) is 0.629. The Bertz CT molecular complexity index is 682. The summed E-state index contributed by atoms with van der Waals surface area (Å²) >= 11 is 5.77. The van der Waals surface area contributed by atoms with E-state index in [4.69, 9.17) is 16.3 Å². The lowest BCUT2D eigenvalue weighted by atomic mass is 10.1. The Morgan fingerprint density at radius 2 is 1.83 bits per heavy atom. The van der Waals surface area contributed by atoms with Crippen molar-refractivity contribution in [3.8, 4) is 11.5 Å². The van der Waals surface area contributed by atoms with Crippen LogP contribution in [0.25, 0.3) is 0 Å². The van der Waals surface area contributed by atoms with Gasteiger partial charge in [0.1, 0.15) is 11.5 Å². The fraction of sp³-hybridized carbons (Fsp3) is 0.176. The Kier molecular flexibility index (Phi) is 6.00. The highest BCUT2D eigenvalue weighted by Gasteiger charge is 2.05. The minimum absolute atomic E-state index is 0.141. The zero-order valence-corrected chi connectivity index (χ0v) is 13.4. The number of ether oxygens (including phenoxy) is 1. The maximum atomic E-state index is 11.8. The zero-order chi connectivity index (χ0) is 16.7. The second-order valence-electron chi connectivity index (χ2n) is 4.74. The number of phenolic OH excluding ortho intramolecular Hbond substituents is 1. The SMILES string of the molecule is CC/C(=N\NC(=O)COc1ccc(Cl)cc1)c1ccc(O)cc1. The molecule has 0 spiro atoms. The van der Waals surface area contributed by atoms with Crippen LogP contribution < -0.4 is 10.2 Å². The third kappa shape index (κ3) is 5.30. The van der Waals surface area contributed by atoms with Crippen molar-refractivity contribution in [3.05, 3.63) is 59.1 Å². The van der Waals surface area contributed by atoms with Gasteiger partial charge in [-0.1, -0.05) is 18.5 Å². The molecule has 0 aliphatic heterocycles. The first-order chi connectivity index (χ1) is 11.1. The van der Waals surface area contributed by atoms with Gasteiger partial charge in [0, 0.05) is 5.02 Å². The van der Waals surface area contributed by atoms with E-state index in [0.717, 1.165) is 5.56 Å². The number of aromatic hydroxyl groups is 1. The van der Waals surface area contributed by atoms with Crippen molar-refractivity contribution in [1.82, 2.24) is 5.43 Å². The average molecular weight is 333 g/mol. The molecule has 0 heterocycles. The fourth-order valence-electron chi connectivity index (χ4n) is 1.84. The van der Waals surface area contributed by atoms with Gasteiger partial charge in [-0.05, 0) is 60.5 Å². The third-order valence-corrected chi connectivity index (χ3v) is 3.29. The largest absolute Gasteiger partial charge is 0.508 e. The molecule has 0 radical (unpaired) electrons. The maximum absolute atomic E-state index is 11.8. The standard InChI is InChI=1S/C17H17ClN2O3/c1-2-16(12-3-7-14(21)8-4-12)19-20-17(22)11-23-15-9-5-13(18)6-10-15/h3-10,21H,2,11H2,1H3,(H,20,22)/b19-16+. The normalized spacial score (nSPS) is 11.1. The van der Waals surface area contributed by atoms with Gasteiger partial charge < -0.3 is 9.84 Å². The lowest BCUT2D eigenvalue weighted by molar-refractivity contribution is -0.123. The van der Waals surface area contributed by atoms with E-state index in [0.29, 0.717) is 22.9 Å². The van der Waals surface area contributed by atoms with Crippen LogP contribution in [0.2, 0.25) is 5.02 Å². The first-order valence-electron chi connectivity index (χ1n) is 7.11. The predicted octanol–water partition coefficient (Wildman–Crippen LogP) is 3.35. The molecule has 120 valence electrons. The monoisotopic (exact) mass is 332 g/mol. The second kappa shape index (κ2) is 8.19. The van der Waals surface area contributed by atoms with Gasteiger partial charge in [-0.15, -0.1) is 0 Å². The van der Waals surface area contributed by atoms with Crippen molar-refractivity contribution in [2.45, 2.75) is 13.3 Å². The van der Waals surface area contributed by atoms with Crippen LogP contribution in [0.5, 0.6) is 11.5 Å². The Labute approximate surface area is 139 Å². The smallest absolute Gasteiger partial charge is 0.277 e. The van der Waals surface area contributed by atoms with Crippen LogP contribution in [0.3, 0.4) is 0 Å². The molecule has 2 aromatic carbocycles. The molecule has 0 aromatic heterocycles. The molecule has 1 amide bonds. The van der Waals surface area contributed by atoms with Gasteiger partial charge in [-0.2, -0.15) is 5.10 Å². The summed E-state index contributed by atoms with van der Waals surface area (Å²) in [6, 6.07) is 13.4. The summed E-state index contributed by atoms with van der Waals surface area (Å²) in [6.07, 6.45) is 0.642. The first-order valence-corrected chi connectivity index (χ1v) is 7.49. The average Bonchev–Trinajstić information content (AvgIpc) is 2.56. The molecule has 0 aliphatic rings. The Balaban J connectivity index is 1.90. The van der Waals surface area contributed by atoms with Gasteiger partial charge >= 0.3 is 0 Å². The minimum Gasteiger partial charge on any atom is -0.508 e. The van der Waals surface area contributed by atoms with Crippen molar-refractivity contribution in [3.63, 3.8) is 0 Å². The molecule has 0 saturated heterocycles. The Hall–Kier alpha value is -2.53. The van der Waals surface area contributed by atoms with Crippen LogP contribution in [-0.2, 0) is 4.79 Å². The van der Waals surface area contributed by atoms with Crippen molar-refractivity contribution in [1.29, 1.82) is 0 Å². The number of carbonyl (C=O) groups excluding carboxylic acids is 1. The molecule has 0 fully saturated rings. The highest BCUT2D eigenvalue weighted by atomic mass is 35.5. The van der Waals surface area contributed by atoms with E-state index in [-0.39, 0.29) is 18.3 Å². The maximum Gasteiger partial charge on any atom is 0.277 e. The summed E-state index contributed by atoms with van der Waals surface area (Å²) < 4.78 is 5.34. The van der Waals surface area contributed by atoms with Crippen molar-refractivity contribution in [2.75, 3.05) is 6.61 Å². The number of benzene rings is 2. The summed E-state index contributed by atoms with van der Waals surface area (Å²) in [4.78, 5) is 11.8. The third-order valence-electron chi connectivity index (χ3n) is 3.03. The Morgan fingerprint density at radius 3 is 2.43 bits per heavy atom. The van der Waals surface area contributed by atoms with Crippen LogP contribution in [0.4, 0.5) is 0 Å². The van der Waals surface area contributed by atoms with E-state index >= 15 is 0 Å². The summed E-state index contributed by atoms with van der Waals surface area (Å²) in [5.41, 5.74) is 4.01. The zero-order valence-electron chi connectivity index (χ0n) is 12.6. The molecule has 0 aliphatic carbocycles. The van der Waals surface area contributed by atoms with Gasteiger partial charge in [0.25, 0.3) is 5.91 Å². The number of phenols is 1. The number of hydrazone groups is 1. The number of carbonyl (C=O) groups is 1. The van der Waals surface area contributed by atoms with Crippen LogP contribution in [0.1, 0.15) is 18.9 Å². The van der Waals surface area contributed by atoms with E-state index in [9.17, 15) is 9.90 Å². The summed E-state index contributed by atoms with van der Waals surface area (Å²) in [7, 11) is 0. The van der Waals surface area contributed by atoms with E-state index in [1.807, 2.05) is 6.92 Å². The predicted molar refractivity (Wildman–Crippen MR) is 90.0 cm³/mol. The van der Waals surface area contributed by atoms with Gasteiger partial charge in [-0.3, -0.25) is 4.79 Å². The van der Waals surface area contributed by atoms with Gasteiger partial charge in [0.2, 0.25) is 0 Å². The number of nitrogens with one attached hydrogen (secondary N) is 1. The molecule has 2 N–H and O–H groups in total. The fourth-order valence-corrected chi connectivity index (χ4v) is 1.97. The molecule has 6 heteroatoms. The van der Waals surface area contributed by atoms with Crippen molar-refractivity contribution >= 4 is 23.2 Å². The lowest BCUT2D eigenvalue weighted by Gasteiger charge is -2.07. The van der Waals surface area contributed by atoms with Crippen LogP contribution in [-0.4, -0.2) is 23.3 Å². The minimum atomic E-state index is -0.357. The van der Waals surface area contributed by atoms with Gasteiger partial charge in [-0.25, -0.2) is 5.43 Å². The van der Waals surface area contributed by atoms with E-state index < -0.39 is 0 Å². The van der Waals surface area contributed by atoms with Crippen molar-refractivity contribution in [2.24, 2.45) is 5.10 Å². The number of hydrogen-bond acceptors (Lipinski definition) is 4. The van der Waals surface area contributed by atoms with Crippen LogP contribution in [0, 0.1) is 0 Å². The molecule has 2 rings (SSSR count). The molecule has 5 nitrogen and oxygen atoms in total. The van der Waals surface area contributed by atoms with Gasteiger partial charge in [0.05, 0.1) is 5.71 Å². The van der Waals surface area contributed by atoms with E-state index in [2.05, 4.69) is 10.5 Å². The molecule has 0 atom stereocenters.